The number of nitrogens with zero attached hydrogens (tertiary/aromatic N) is 2. The number of para-hydroxylation sites is 1. The Bertz CT molecular complexity index is 470. The third-order valence-electron chi connectivity index (χ3n) is 5.29. The van der Waals surface area contributed by atoms with Crippen molar-refractivity contribution in [3.63, 3.8) is 0 Å². The monoisotopic (exact) mass is 228 g/mol. The van der Waals surface area contributed by atoms with Crippen molar-refractivity contribution in [1.82, 2.24) is 4.90 Å². The molecule has 17 heavy (non-hydrogen) atoms. The van der Waals surface area contributed by atoms with Crippen molar-refractivity contribution < 1.29 is 0 Å². The normalized spacial score (nSPS) is 39.3. The Hall–Kier alpha value is -1.02. The van der Waals surface area contributed by atoms with Crippen molar-refractivity contribution in [1.29, 1.82) is 0 Å². The van der Waals surface area contributed by atoms with Gasteiger partial charge in [-0.1, -0.05) is 18.2 Å². The van der Waals surface area contributed by atoms with Crippen LogP contribution >= 0.6 is 0 Å². The van der Waals surface area contributed by atoms with E-state index in [0.717, 1.165) is 12.0 Å². The van der Waals surface area contributed by atoms with E-state index in [-0.39, 0.29) is 0 Å². The number of hydrogen-bond donors (Lipinski definition) is 0. The highest BCUT2D eigenvalue weighted by atomic mass is 15.2. The van der Waals surface area contributed by atoms with Crippen LogP contribution in [0.1, 0.15) is 12.0 Å². The molecule has 90 valence electrons. The summed E-state index contributed by atoms with van der Waals surface area (Å²) in [6.07, 6.45) is 2.72. The maximum Gasteiger partial charge on any atom is 0.0399 e. The molecule has 3 unspecified atom stereocenters. The Morgan fingerprint density at radius 2 is 2.06 bits per heavy atom. The van der Waals surface area contributed by atoms with E-state index in [9.17, 15) is 0 Å². The lowest BCUT2D eigenvalue weighted by molar-refractivity contribution is 0.305. The first-order chi connectivity index (χ1) is 8.21. The van der Waals surface area contributed by atoms with E-state index < -0.39 is 0 Å². The van der Waals surface area contributed by atoms with Crippen LogP contribution in [0.4, 0.5) is 5.69 Å². The standard InChI is InChI=1S/C15H20N2/c1-16-9-12-8-15(12,10-16)14-7-11-5-3-4-6-13(11)17(14)2/h3-6,12,14H,7-10H2,1-2H3. The van der Waals surface area contributed by atoms with Gasteiger partial charge in [-0.2, -0.15) is 0 Å². The maximum absolute atomic E-state index is 2.55. The topological polar surface area (TPSA) is 6.48 Å². The Morgan fingerprint density at radius 3 is 2.76 bits per heavy atom. The van der Waals surface area contributed by atoms with Gasteiger partial charge in [-0.25, -0.2) is 0 Å². The lowest BCUT2D eigenvalue weighted by Gasteiger charge is -2.30. The van der Waals surface area contributed by atoms with Crippen LogP contribution in [0.5, 0.6) is 0 Å². The molecule has 4 rings (SSSR count). The molecule has 1 aliphatic carbocycles. The van der Waals surface area contributed by atoms with Gasteiger partial charge in [0.1, 0.15) is 0 Å². The first-order valence-corrected chi connectivity index (χ1v) is 6.70. The van der Waals surface area contributed by atoms with E-state index in [2.05, 4.69) is 48.2 Å². The average Bonchev–Trinajstić information content (AvgIpc) is 2.73. The van der Waals surface area contributed by atoms with E-state index in [4.69, 9.17) is 0 Å². The number of rotatable bonds is 1. The quantitative estimate of drug-likeness (QED) is 0.725. The Balaban J connectivity index is 1.67. The average molecular weight is 228 g/mol. The minimum atomic E-state index is 0.614. The summed E-state index contributed by atoms with van der Waals surface area (Å²) < 4.78 is 0. The molecule has 3 aliphatic rings. The van der Waals surface area contributed by atoms with Crippen molar-refractivity contribution in [3.8, 4) is 0 Å². The lowest BCUT2D eigenvalue weighted by atomic mass is 9.92. The van der Waals surface area contributed by atoms with Crippen LogP contribution in [-0.4, -0.2) is 38.1 Å². The second-order valence-corrected chi connectivity index (χ2v) is 6.29. The number of likely N-dealkylation sites (N-methyl/N-ethyl adjacent to an activating group) is 1. The minimum absolute atomic E-state index is 0.614. The summed E-state index contributed by atoms with van der Waals surface area (Å²) >= 11 is 0. The summed E-state index contributed by atoms with van der Waals surface area (Å²) in [4.78, 5) is 5.07. The third-order valence-corrected chi connectivity index (χ3v) is 5.29. The number of fused-ring (bicyclic) bond motifs is 2. The van der Waals surface area contributed by atoms with E-state index in [1.165, 1.54) is 31.6 Å². The van der Waals surface area contributed by atoms with Crippen LogP contribution < -0.4 is 4.90 Å². The maximum atomic E-state index is 2.55. The van der Waals surface area contributed by atoms with Crippen LogP contribution in [0.25, 0.3) is 0 Å². The van der Waals surface area contributed by atoms with Crippen molar-refractivity contribution >= 4 is 5.69 Å². The molecular formula is C15H20N2. The smallest absolute Gasteiger partial charge is 0.0399 e. The number of likely N-dealkylation sites (tertiary alicyclic amines) is 1. The Labute approximate surface area is 103 Å². The first kappa shape index (κ1) is 9.95. The summed E-state index contributed by atoms with van der Waals surface area (Å²) in [6.45, 7) is 2.63. The molecule has 2 aliphatic heterocycles. The molecule has 0 amide bonds. The predicted octanol–water partition coefficient (Wildman–Crippen LogP) is 2.00. The third kappa shape index (κ3) is 1.19. The summed E-state index contributed by atoms with van der Waals surface area (Å²) in [5.41, 5.74) is 3.63. The molecule has 3 atom stereocenters. The van der Waals surface area contributed by atoms with Gasteiger partial charge in [0.25, 0.3) is 0 Å². The van der Waals surface area contributed by atoms with Crippen molar-refractivity contribution in [3.05, 3.63) is 29.8 Å². The first-order valence-electron chi connectivity index (χ1n) is 6.70. The fraction of sp³-hybridized carbons (Fsp3) is 0.600. The highest BCUT2D eigenvalue weighted by Crippen LogP contribution is 2.62. The van der Waals surface area contributed by atoms with Gasteiger partial charge in [0.2, 0.25) is 0 Å². The molecule has 0 aromatic heterocycles. The van der Waals surface area contributed by atoms with Gasteiger partial charge in [-0.15, -0.1) is 0 Å². The van der Waals surface area contributed by atoms with E-state index in [1.807, 2.05) is 0 Å². The van der Waals surface area contributed by atoms with Gasteiger partial charge in [0.15, 0.2) is 0 Å². The zero-order chi connectivity index (χ0) is 11.6. The van der Waals surface area contributed by atoms with Gasteiger partial charge in [0, 0.05) is 37.3 Å². The molecule has 1 saturated heterocycles. The van der Waals surface area contributed by atoms with Gasteiger partial charge in [-0.3, -0.25) is 0 Å². The van der Waals surface area contributed by atoms with Crippen molar-refractivity contribution in [2.45, 2.75) is 18.9 Å². The summed E-state index contributed by atoms with van der Waals surface area (Å²) in [5, 5.41) is 0. The van der Waals surface area contributed by atoms with Gasteiger partial charge in [0.05, 0.1) is 0 Å². The van der Waals surface area contributed by atoms with Gasteiger partial charge >= 0.3 is 0 Å². The molecule has 1 aromatic rings. The fourth-order valence-corrected chi connectivity index (χ4v) is 4.43. The Morgan fingerprint density at radius 1 is 1.24 bits per heavy atom. The van der Waals surface area contributed by atoms with E-state index in [1.54, 1.807) is 5.56 Å². The lowest BCUT2D eigenvalue weighted by Crippen LogP contribution is -2.40. The van der Waals surface area contributed by atoms with Gasteiger partial charge in [-0.05, 0) is 37.4 Å². The fourth-order valence-electron chi connectivity index (χ4n) is 4.43. The second kappa shape index (κ2) is 3.05. The molecule has 0 N–H and O–H groups in total. The SMILES string of the molecule is CN1CC2CC2(C2Cc3ccccc3N2C)C1. The number of anilines is 1. The van der Waals surface area contributed by atoms with Crippen LogP contribution in [0, 0.1) is 11.3 Å². The predicted molar refractivity (Wildman–Crippen MR) is 70.4 cm³/mol. The van der Waals surface area contributed by atoms with Crippen LogP contribution in [0.15, 0.2) is 24.3 Å². The van der Waals surface area contributed by atoms with Crippen molar-refractivity contribution in [2.75, 3.05) is 32.1 Å². The number of benzene rings is 1. The molecule has 2 fully saturated rings. The summed E-state index contributed by atoms with van der Waals surface area (Å²) in [5.74, 6) is 0.967. The number of hydrogen-bond acceptors (Lipinski definition) is 2. The molecule has 0 spiro atoms. The van der Waals surface area contributed by atoms with Gasteiger partial charge < -0.3 is 9.80 Å². The van der Waals surface area contributed by atoms with Crippen LogP contribution in [0.3, 0.4) is 0 Å². The zero-order valence-electron chi connectivity index (χ0n) is 10.7. The highest BCUT2D eigenvalue weighted by Gasteiger charge is 2.64. The molecule has 1 saturated carbocycles. The minimum Gasteiger partial charge on any atom is -0.370 e. The van der Waals surface area contributed by atoms with Crippen LogP contribution in [-0.2, 0) is 6.42 Å². The summed E-state index contributed by atoms with van der Waals surface area (Å²) in [6, 6.07) is 9.67. The largest absolute Gasteiger partial charge is 0.370 e. The molecule has 2 heterocycles. The van der Waals surface area contributed by atoms with E-state index in [0.29, 0.717) is 5.41 Å². The molecule has 1 aromatic carbocycles. The molecule has 2 heteroatoms. The van der Waals surface area contributed by atoms with Crippen molar-refractivity contribution in [2.24, 2.45) is 11.3 Å². The molecule has 2 nitrogen and oxygen atoms in total. The summed E-state index contributed by atoms with van der Waals surface area (Å²) in [7, 11) is 4.56. The zero-order valence-corrected chi connectivity index (χ0v) is 10.7. The van der Waals surface area contributed by atoms with Crippen LogP contribution in [0.2, 0.25) is 0 Å². The number of piperidine rings is 1. The highest BCUT2D eigenvalue weighted by molar-refractivity contribution is 5.60. The van der Waals surface area contributed by atoms with E-state index >= 15 is 0 Å². The Kier molecular flexibility index (Phi) is 1.79. The molecular weight excluding hydrogens is 208 g/mol. The second-order valence-electron chi connectivity index (χ2n) is 6.29. The molecule has 0 bridgehead atoms. The molecule has 0 radical (unpaired) electrons.